The molecule has 2 heterocycles. The highest BCUT2D eigenvalue weighted by molar-refractivity contribution is 6.22. The number of amides is 5. The number of nitrogens with zero attached hydrogens (tertiary/aromatic N) is 2. The maximum atomic E-state index is 12.6. The molecule has 0 radical (unpaired) electrons. The van der Waals surface area contributed by atoms with Gasteiger partial charge in [-0.15, -0.1) is 0 Å². The van der Waals surface area contributed by atoms with Crippen LogP contribution < -0.4 is 10.6 Å². The second-order valence-electron chi connectivity index (χ2n) is 8.10. The van der Waals surface area contributed by atoms with Crippen molar-refractivity contribution in [2.45, 2.75) is 45.6 Å². The molecule has 1 aromatic rings. The monoisotopic (exact) mass is 386 g/mol. The van der Waals surface area contributed by atoms with Gasteiger partial charge in [0.15, 0.2) is 0 Å². The maximum absolute atomic E-state index is 12.6. The number of carbonyl (C=O) groups excluding carboxylic acids is 4. The first-order valence-corrected chi connectivity index (χ1v) is 9.54. The van der Waals surface area contributed by atoms with Crippen molar-refractivity contribution in [3.05, 3.63) is 29.3 Å². The fourth-order valence-corrected chi connectivity index (χ4v) is 3.52. The van der Waals surface area contributed by atoms with Gasteiger partial charge in [0.25, 0.3) is 11.8 Å². The Morgan fingerprint density at radius 3 is 2.46 bits per heavy atom. The molecule has 0 aromatic heterocycles. The van der Waals surface area contributed by atoms with Gasteiger partial charge in [0.05, 0.1) is 11.1 Å². The Labute approximate surface area is 164 Å². The molecule has 0 saturated carbocycles. The highest BCUT2D eigenvalue weighted by atomic mass is 16.2. The lowest BCUT2D eigenvalue weighted by Gasteiger charge is -2.29. The van der Waals surface area contributed by atoms with E-state index < -0.39 is 11.6 Å². The van der Waals surface area contributed by atoms with Gasteiger partial charge >= 0.3 is 6.03 Å². The van der Waals surface area contributed by atoms with Gasteiger partial charge in [-0.1, -0.05) is 0 Å². The summed E-state index contributed by atoms with van der Waals surface area (Å²) in [5, 5.41) is 5.43. The molecule has 2 N–H and O–H groups in total. The fourth-order valence-electron chi connectivity index (χ4n) is 3.52. The summed E-state index contributed by atoms with van der Waals surface area (Å²) in [6, 6.07) is 4.32. The lowest BCUT2D eigenvalue weighted by Crippen LogP contribution is -2.45. The Kier molecular flexibility index (Phi) is 5.40. The highest BCUT2D eigenvalue weighted by Crippen LogP contribution is 2.30. The zero-order valence-electron chi connectivity index (χ0n) is 16.5. The average molecular weight is 386 g/mol. The number of hydrogen-bond acceptors (Lipinski definition) is 4. The van der Waals surface area contributed by atoms with Crippen LogP contribution in [0, 0.1) is 0 Å². The molecule has 3 rings (SSSR count). The lowest BCUT2D eigenvalue weighted by atomic mass is 10.1. The Balaban J connectivity index is 1.54. The zero-order valence-corrected chi connectivity index (χ0v) is 16.5. The minimum absolute atomic E-state index is 0.172. The van der Waals surface area contributed by atoms with Gasteiger partial charge in [-0.3, -0.25) is 19.3 Å². The van der Waals surface area contributed by atoms with E-state index in [1.807, 2.05) is 4.90 Å². The maximum Gasteiger partial charge on any atom is 0.319 e. The van der Waals surface area contributed by atoms with Crippen molar-refractivity contribution >= 4 is 29.4 Å². The number of anilines is 1. The van der Waals surface area contributed by atoms with Crippen LogP contribution in [-0.2, 0) is 4.79 Å². The predicted octanol–water partition coefficient (Wildman–Crippen LogP) is 2.22. The molecule has 0 aliphatic carbocycles. The predicted molar refractivity (Wildman–Crippen MR) is 104 cm³/mol. The molecule has 2 aliphatic heterocycles. The molecule has 150 valence electrons. The molecular formula is C20H26N4O4. The van der Waals surface area contributed by atoms with Crippen LogP contribution in [0.25, 0.3) is 0 Å². The van der Waals surface area contributed by atoms with Crippen molar-refractivity contribution in [2.75, 3.05) is 25.0 Å². The average Bonchev–Trinajstić information content (AvgIpc) is 3.12. The molecule has 0 bridgehead atoms. The number of nitrogens with one attached hydrogen (secondary N) is 2. The van der Waals surface area contributed by atoms with Crippen LogP contribution in [0.4, 0.5) is 10.5 Å². The van der Waals surface area contributed by atoms with E-state index in [9.17, 15) is 19.2 Å². The second kappa shape index (κ2) is 7.61. The number of benzene rings is 1. The van der Waals surface area contributed by atoms with Crippen molar-refractivity contribution in [2.24, 2.45) is 0 Å². The van der Waals surface area contributed by atoms with Crippen LogP contribution in [0.5, 0.6) is 0 Å². The van der Waals surface area contributed by atoms with Crippen LogP contribution in [0.3, 0.4) is 0 Å². The van der Waals surface area contributed by atoms with E-state index in [2.05, 4.69) is 10.6 Å². The molecule has 0 unspecified atom stereocenters. The summed E-state index contributed by atoms with van der Waals surface area (Å²) in [5.74, 6) is -0.502. The summed E-state index contributed by atoms with van der Waals surface area (Å²) in [5.41, 5.74) is 0.476. The summed E-state index contributed by atoms with van der Waals surface area (Å²) in [6.07, 6.45) is 2.19. The fraction of sp³-hybridized carbons (Fsp3) is 0.500. The summed E-state index contributed by atoms with van der Waals surface area (Å²) < 4.78 is 0. The van der Waals surface area contributed by atoms with Crippen LogP contribution in [0.1, 0.15) is 60.7 Å². The molecular weight excluding hydrogens is 360 g/mol. The normalized spacial score (nSPS) is 16.6. The number of imide groups is 1. The van der Waals surface area contributed by atoms with Crippen LogP contribution in [0.15, 0.2) is 18.2 Å². The number of carbonyl (C=O) groups is 4. The van der Waals surface area contributed by atoms with E-state index >= 15 is 0 Å². The first-order valence-electron chi connectivity index (χ1n) is 9.54. The third-order valence-corrected chi connectivity index (χ3v) is 4.88. The van der Waals surface area contributed by atoms with Crippen LogP contribution in [-0.4, -0.2) is 58.7 Å². The molecule has 0 spiro atoms. The Morgan fingerprint density at radius 1 is 1.11 bits per heavy atom. The highest BCUT2D eigenvalue weighted by Gasteiger charge is 2.41. The van der Waals surface area contributed by atoms with Crippen molar-refractivity contribution in [3.8, 4) is 0 Å². The van der Waals surface area contributed by atoms with Gasteiger partial charge in [0, 0.05) is 37.3 Å². The third-order valence-electron chi connectivity index (χ3n) is 4.88. The summed E-state index contributed by atoms with van der Waals surface area (Å²) in [6.45, 7) is 7.27. The molecule has 1 saturated heterocycles. The van der Waals surface area contributed by atoms with Gasteiger partial charge in [-0.25, -0.2) is 4.79 Å². The summed E-state index contributed by atoms with van der Waals surface area (Å²) in [7, 11) is 0. The van der Waals surface area contributed by atoms with Crippen LogP contribution in [0.2, 0.25) is 0 Å². The van der Waals surface area contributed by atoms with E-state index in [4.69, 9.17) is 0 Å². The SMILES string of the molecule is CC(C)(C)N1C(=O)c2ccc(NC(=O)NCCCN3CCCC3=O)cc2C1=O. The van der Waals surface area contributed by atoms with Gasteiger partial charge in [-0.05, 0) is 51.8 Å². The molecule has 1 fully saturated rings. The molecule has 8 nitrogen and oxygen atoms in total. The molecule has 2 aliphatic rings. The van der Waals surface area contributed by atoms with Gasteiger partial charge in [-0.2, -0.15) is 0 Å². The number of likely N-dealkylation sites (tertiary alicyclic amines) is 1. The minimum Gasteiger partial charge on any atom is -0.343 e. The first-order chi connectivity index (χ1) is 13.2. The molecule has 8 heteroatoms. The topological polar surface area (TPSA) is 98.8 Å². The van der Waals surface area contributed by atoms with E-state index in [0.29, 0.717) is 42.7 Å². The number of fused-ring (bicyclic) bond motifs is 1. The van der Waals surface area contributed by atoms with E-state index in [0.717, 1.165) is 13.0 Å². The largest absolute Gasteiger partial charge is 0.343 e. The lowest BCUT2D eigenvalue weighted by molar-refractivity contribution is -0.127. The van der Waals surface area contributed by atoms with Gasteiger partial charge < -0.3 is 15.5 Å². The second-order valence-corrected chi connectivity index (χ2v) is 8.10. The van der Waals surface area contributed by atoms with Crippen molar-refractivity contribution in [1.82, 2.24) is 15.1 Å². The molecule has 5 amide bonds. The molecule has 28 heavy (non-hydrogen) atoms. The van der Waals surface area contributed by atoms with E-state index in [1.165, 1.54) is 11.0 Å². The zero-order chi connectivity index (χ0) is 20.5. The first kappa shape index (κ1) is 19.9. The summed E-state index contributed by atoms with van der Waals surface area (Å²) >= 11 is 0. The number of urea groups is 1. The summed E-state index contributed by atoms with van der Waals surface area (Å²) in [4.78, 5) is 51.7. The molecule has 0 atom stereocenters. The Hall–Kier alpha value is -2.90. The Bertz CT molecular complexity index is 828. The van der Waals surface area contributed by atoms with E-state index in [1.54, 1.807) is 32.9 Å². The third kappa shape index (κ3) is 4.00. The van der Waals surface area contributed by atoms with E-state index in [-0.39, 0.29) is 17.7 Å². The van der Waals surface area contributed by atoms with Crippen molar-refractivity contribution < 1.29 is 19.2 Å². The Morgan fingerprint density at radius 2 is 1.82 bits per heavy atom. The minimum atomic E-state index is -0.616. The standard InChI is InChI=1S/C20H26N4O4/c1-20(2,3)24-17(26)14-8-7-13(12-15(14)18(24)27)22-19(28)21-9-5-11-23-10-4-6-16(23)25/h7-8,12H,4-6,9-11H2,1-3H3,(H2,21,22,28). The van der Waals surface area contributed by atoms with Gasteiger partial charge in [0.1, 0.15) is 0 Å². The quantitative estimate of drug-likeness (QED) is 0.599. The number of hydrogen-bond donors (Lipinski definition) is 2. The van der Waals surface area contributed by atoms with Crippen LogP contribution >= 0.6 is 0 Å². The smallest absolute Gasteiger partial charge is 0.319 e. The van der Waals surface area contributed by atoms with Gasteiger partial charge in [0.2, 0.25) is 5.91 Å². The number of rotatable bonds is 5. The van der Waals surface area contributed by atoms with Crippen molar-refractivity contribution in [3.63, 3.8) is 0 Å². The van der Waals surface area contributed by atoms with Crippen molar-refractivity contribution in [1.29, 1.82) is 0 Å². The molecule has 1 aromatic carbocycles.